The minimum Gasteiger partial charge on any atom is -0.491 e. The molecule has 0 amide bonds. The van der Waals surface area contributed by atoms with Gasteiger partial charge in [0.25, 0.3) is 0 Å². The summed E-state index contributed by atoms with van der Waals surface area (Å²) in [5, 5.41) is 0. The molecule has 1 aromatic heterocycles. The molecule has 0 saturated heterocycles. The van der Waals surface area contributed by atoms with E-state index in [0.29, 0.717) is 0 Å². The molecule has 0 radical (unpaired) electrons. The lowest BCUT2D eigenvalue weighted by Gasteiger charge is -2.41. The number of ketones is 1. The van der Waals surface area contributed by atoms with Crippen molar-refractivity contribution in [3.8, 4) is 5.75 Å². The molecule has 2 rings (SSSR count). The second-order valence-electron chi connectivity index (χ2n) is 6.42. The van der Waals surface area contributed by atoms with Gasteiger partial charge in [-0.3, -0.25) is 14.2 Å². The Morgan fingerprint density at radius 1 is 1.26 bits per heavy atom. The number of rotatable bonds is 8. The topological polar surface area (TPSA) is 93.1 Å². The first kappa shape index (κ1) is 22.3. The van der Waals surface area contributed by atoms with Crippen LogP contribution in [0, 0.1) is 5.41 Å². The van der Waals surface area contributed by atoms with Crippen molar-refractivity contribution in [3.05, 3.63) is 26.6 Å². The van der Waals surface area contributed by atoms with Gasteiger partial charge in [0, 0.05) is 13.3 Å². The van der Waals surface area contributed by atoms with Crippen molar-refractivity contribution in [2.24, 2.45) is 5.41 Å². The highest BCUT2D eigenvalue weighted by Gasteiger charge is 2.52. The van der Waals surface area contributed by atoms with E-state index in [9.17, 15) is 14.2 Å². The summed E-state index contributed by atoms with van der Waals surface area (Å²) in [7, 11) is -0.712. The molecule has 27 heavy (non-hydrogen) atoms. The molecular weight excluding hydrogens is 441 g/mol. The molecule has 1 aromatic rings. The fourth-order valence-corrected chi connectivity index (χ4v) is 6.03. The van der Waals surface area contributed by atoms with Crippen LogP contribution in [0.1, 0.15) is 31.3 Å². The van der Waals surface area contributed by atoms with Crippen LogP contribution in [0.5, 0.6) is 5.75 Å². The highest BCUT2D eigenvalue weighted by molar-refractivity contribution is 9.10. The molecule has 2 heterocycles. The summed E-state index contributed by atoms with van der Waals surface area (Å²) in [6, 6.07) is 0. The molecular formula is C17H25BrNO7P. The second kappa shape index (κ2) is 8.57. The molecule has 152 valence electrons. The van der Waals surface area contributed by atoms with Gasteiger partial charge in [0.05, 0.1) is 49.0 Å². The molecule has 0 aliphatic carbocycles. The number of aromatic nitrogens is 1. The number of methoxy groups -OCH3 is 2. The number of fused-ring (bicyclic) bond motifs is 1. The fraction of sp³-hybridized carbons (Fsp3) is 0.647. The maximum absolute atomic E-state index is 13.5. The monoisotopic (exact) mass is 465 g/mol. The summed E-state index contributed by atoms with van der Waals surface area (Å²) in [6.07, 6.45) is 0.784. The molecule has 0 aromatic carbocycles. The first-order chi connectivity index (χ1) is 12.7. The van der Waals surface area contributed by atoms with Crippen LogP contribution in [-0.2, 0) is 24.9 Å². The van der Waals surface area contributed by atoms with E-state index >= 15 is 0 Å². The normalized spacial score (nSPS) is 22.6. The minimum atomic E-state index is -3.54. The lowest BCUT2D eigenvalue weighted by atomic mass is 9.77. The van der Waals surface area contributed by atoms with Gasteiger partial charge < -0.3 is 23.1 Å². The van der Waals surface area contributed by atoms with E-state index in [1.54, 1.807) is 25.3 Å². The van der Waals surface area contributed by atoms with Crippen molar-refractivity contribution < 1.29 is 27.9 Å². The Hall–Kier alpha value is -0.990. The third-order valence-corrected chi connectivity index (χ3v) is 7.58. The first-order valence-electron chi connectivity index (χ1n) is 8.60. The molecule has 0 N–H and O–H groups in total. The number of nitrogens with zero attached hydrogens (tertiary/aromatic N) is 1. The largest absolute Gasteiger partial charge is 0.491 e. The molecule has 1 aliphatic heterocycles. The van der Waals surface area contributed by atoms with E-state index in [1.807, 2.05) is 0 Å². The van der Waals surface area contributed by atoms with Gasteiger partial charge in [-0.2, -0.15) is 0 Å². The average Bonchev–Trinajstić information content (AvgIpc) is 2.60. The van der Waals surface area contributed by atoms with Gasteiger partial charge in [0.1, 0.15) is 5.69 Å². The summed E-state index contributed by atoms with van der Waals surface area (Å²) < 4.78 is 36.6. The number of carbonyl (C=O) groups is 1. The minimum absolute atomic E-state index is 0.0576. The average molecular weight is 466 g/mol. The van der Waals surface area contributed by atoms with E-state index in [-0.39, 0.29) is 41.8 Å². The first-order valence-corrected chi connectivity index (χ1v) is 11.1. The maximum atomic E-state index is 13.5. The molecule has 8 nitrogen and oxygen atoms in total. The Labute approximate surface area is 166 Å². The molecule has 0 spiro atoms. The van der Waals surface area contributed by atoms with Crippen LogP contribution in [0.3, 0.4) is 0 Å². The van der Waals surface area contributed by atoms with E-state index in [2.05, 4.69) is 15.9 Å². The smallest absolute Gasteiger partial charge is 0.331 e. The Kier molecular flexibility index (Phi) is 7.08. The SMILES string of the molecule is CCOP(=O)(CC1(C)C(=O)c2c(OC)c(=O)c(Br)cn2CC1OC)OCC. The summed E-state index contributed by atoms with van der Waals surface area (Å²) in [6.45, 7) is 5.72. The van der Waals surface area contributed by atoms with Crippen molar-refractivity contribution >= 4 is 29.3 Å². The highest BCUT2D eigenvalue weighted by Crippen LogP contribution is 2.55. The van der Waals surface area contributed by atoms with Gasteiger partial charge in [-0.1, -0.05) is 0 Å². The molecule has 0 bridgehead atoms. The van der Waals surface area contributed by atoms with Crippen LogP contribution in [0.15, 0.2) is 15.5 Å². The van der Waals surface area contributed by atoms with Gasteiger partial charge >= 0.3 is 7.60 Å². The third-order valence-electron chi connectivity index (χ3n) is 4.66. The van der Waals surface area contributed by atoms with Crippen LogP contribution in [-0.4, -0.2) is 50.0 Å². The number of halogens is 1. The number of Topliss-reactive ketones (excluding diaryl/α,β-unsaturated/α-hetero) is 1. The number of hydrogen-bond donors (Lipinski definition) is 0. The summed E-state index contributed by atoms with van der Waals surface area (Å²) in [4.78, 5) is 25.9. The van der Waals surface area contributed by atoms with Crippen molar-refractivity contribution in [1.82, 2.24) is 4.57 Å². The van der Waals surface area contributed by atoms with Crippen molar-refractivity contribution in [1.29, 1.82) is 0 Å². The van der Waals surface area contributed by atoms with Gasteiger partial charge in [-0.05, 0) is 36.7 Å². The molecule has 1 aliphatic rings. The zero-order valence-corrected chi connectivity index (χ0v) is 18.6. The quantitative estimate of drug-likeness (QED) is 0.544. The van der Waals surface area contributed by atoms with Gasteiger partial charge in [-0.25, -0.2) is 0 Å². The van der Waals surface area contributed by atoms with Crippen LogP contribution in [0.25, 0.3) is 0 Å². The van der Waals surface area contributed by atoms with Gasteiger partial charge in [0.2, 0.25) is 5.43 Å². The predicted molar refractivity (Wildman–Crippen MR) is 104 cm³/mol. The van der Waals surface area contributed by atoms with Crippen LogP contribution in [0.4, 0.5) is 0 Å². The van der Waals surface area contributed by atoms with E-state index in [0.717, 1.165) is 0 Å². The zero-order chi connectivity index (χ0) is 20.4. The lowest BCUT2D eigenvalue weighted by molar-refractivity contribution is -0.00850. The second-order valence-corrected chi connectivity index (χ2v) is 9.32. The van der Waals surface area contributed by atoms with E-state index in [1.165, 1.54) is 20.4 Å². The Bertz CT molecular complexity index is 814. The lowest BCUT2D eigenvalue weighted by Crippen LogP contribution is -2.51. The standard InChI is InChI=1S/C17H25BrNO7P/c1-6-25-27(22,26-7-2)10-17(3)12(23-4)9-19-8-11(18)14(20)15(24-5)13(19)16(17)21/h8,12H,6-7,9-10H2,1-5H3. The summed E-state index contributed by atoms with van der Waals surface area (Å²) in [5.41, 5.74) is -1.52. The Balaban J connectivity index is 2.62. The predicted octanol–water partition coefficient (Wildman–Crippen LogP) is 3.10. The Morgan fingerprint density at radius 2 is 1.85 bits per heavy atom. The van der Waals surface area contributed by atoms with Crippen molar-refractivity contribution in [2.75, 3.05) is 33.6 Å². The number of carbonyl (C=O) groups excluding carboxylic acids is 1. The zero-order valence-electron chi connectivity index (χ0n) is 16.1. The van der Waals surface area contributed by atoms with Crippen LogP contribution >= 0.6 is 23.5 Å². The van der Waals surface area contributed by atoms with E-state index < -0.39 is 30.3 Å². The fourth-order valence-electron chi connectivity index (χ4n) is 3.40. The molecule has 10 heteroatoms. The molecule has 0 fully saturated rings. The number of hydrogen-bond acceptors (Lipinski definition) is 7. The molecule has 2 atom stereocenters. The Morgan fingerprint density at radius 3 is 2.33 bits per heavy atom. The van der Waals surface area contributed by atoms with Crippen molar-refractivity contribution in [2.45, 2.75) is 33.4 Å². The summed E-state index contributed by atoms with van der Waals surface area (Å²) in [5.74, 6) is -0.459. The van der Waals surface area contributed by atoms with Crippen LogP contribution in [0.2, 0.25) is 0 Å². The molecule has 2 unspecified atom stereocenters. The highest BCUT2D eigenvalue weighted by atomic mass is 79.9. The van der Waals surface area contributed by atoms with E-state index in [4.69, 9.17) is 18.5 Å². The number of ether oxygens (including phenoxy) is 2. The van der Waals surface area contributed by atoms with Crippen LogP contribution < -0.4 is 10.2 Å². The van der Waals surface area contributed by atoms with Gasteiger partial charge in [-0.15, -0.1) is 0 Å². The third kappa shape index (κ3) is 4.07. The number of pyridine rings is 1. The maximum Gasteiger partial charge on any atom is 0.331 e. The molecule has 0 saturated carbocycles. The van der Waals surface area contributed by atoms with Crippen molar-refractivity contribution in [3.63, 3.8) is 0 Å². The van der Waals surface area contributed by atoms with Gasteiger partial charge in [0.15, 0.2) is 11.5 Å². The summed E-state index contributed by atoms with van der Waals surface area (Å²) >= 11 is 3.20.